The van der Waals surface area contributed by atoms with Gasteiger partial charge in [0, 0.05) is 12.4 Å². The number of hydrogen-bond donors (Lipinski definition) is 2. The molecule has 15 heavy (non-hydrogen) atoms. The number of thiazole rings is 1. The van der Waals surface area contributed by atoms with E-state index in [1.807, 2.05) is 0 Å². The van der Waals surface area contributed by atoms with Crippen molar-refractivity contribution in [3.05, 3.63) is 11.1 Å². The Morgan fingerprint density at radius 3 is 3.00 bits per heavy atom. The average molecular weight is 228 g/mol. The SMILES string of the molecule is CCO/N=C(\C(=O)NC)c1csc(N)n1. The summed E-state index contributed by atoms with van der Waals surface area (Å²) in [6.45, 7) is 2.17. The fraction of sp³-hybridized carbons (Fsp3) is 0.375. The number of nitrogens with zero attached hydrogens (tertiary/aromatic N) is 2. The molecule has 0 atom stereocenters. The second kappa shape index (κ2) is 5.30. The molecule has 1 heterocycles. The van der Waals surface area contributed by atoms with E-state index in [0.29, 0.717) is 17.4 Å². The van der Waals surface area contributed by atoms with Gasteiger partial charge in [-0.25, -0.2) is 4.98 Å². The van der Waals surface area contributed by atoms with Crippen molar-refractivity contribution in [2.24, 2.45) is 5.16 Å². The second-order valence-corrected chi connectivity index (χ2v) is 3.40. The molecule has 0 aliphatic rings. The van der Waals surface area contributed by atoms with Gasteiger partial charge in [-0.05, 0) is 6.92 Å². The van der Waals surface area contributed by atoms with Crippen LogP contribution in [0.3, 0.4) is 0 Å². The first kappa shape index (κ1) is 11.4. The largest absolute Gasteiger partial charge is 0.395 e. The Labute approximate surface area is 91.1 Å². The first-order chi connectivity index (χ1) is 7.19. The number of oxime groups is 1. The first-order valence-corrected chi connectivity index (χ1v) is 5.20. The molecule has 3 N–H and O–H groups in total. The van der Waals surface area contributed by atoms with Crippen LogP contribution in [-0.4, -0.2) is 30.3 Å². The molecule has 1 aromatic rings. The Morgan fingerprint density at radius 2 is 2.53 bits per heavy atom. The molecule has 0 fully saturated rings. The molecule has 0 saturated carbocycles. The van der Waals surface area contributed by atoms with Crippen LogP contribution in [0.5, 0.6) is 0 Å². The third kappa shape index (κ3) is 2.91. The van der Waals surface area contributed by atoms with E-state index in [-0.39, 0.29) is 11.6 Å². The maximum Gasteiger partial charge on any atom is 0.275 e. The third-order valence-corrected chi connectivity index (χ3v) is 2.17. The Morgan fingerprint density at radius 1 is 1.80 bits per heavy atom. The minimum atomic E-state index is -0.353. The summed E-state index contributed by atoms with van der Waals surface area (Å²) in [5.41, 5.74) is 6.02. The predicted octanol–water partition coefficient (Wildman–Crippen LogP) is 0.212. The van der Waals surface area contributed by atoms with E-state index < -0.39 is 0 Å². The summed E-state index contributed by atoms with van der Waals surface area (Å²) in [5.74, 6) is -0.353. The summed E-state index contributed by atoms with van der Waals surface area (Å²) >= 11 is 1.24. The number of nitrogens with one attached hydrogen (secondary N) is 1. The van der Waals surface area contributed by atoms with Gasteiger partial charge in [-0.2, -0.15) is 0 Å². The number of anilines is 1. The number of rotatable bonds is 4. The average Bonchev–Trinajstić information content (AvgIpc) is 2.65. The molecule has 0 saturated heterocycles. The normalized spacial score (nSPS) is 11.2. The lowest BCUT2D eigenvalue weighted by atomic mass is 10.3. The van der Waals surface area contributed by atoms with E-state index in [2.05, 4.69) is 15.5 Å². The number of nitrogens with two attached hydrogens (primary N) is 1. The van der Waals surface area contributed by atoms with Crippen molar-refractivity contribution in [1.82, 2.24) is 10.3 Å². The Balaban J connectivity index is 2.95. The number of aromatic nitrogens is 1. The van der Waals surface area contributed by atoms with Crippen molar-refractivity contribution in [2.75, 3.05) is 19.4 Å². The van der Waals surface area contributed by atoms with E-state index in [1.54, 1.807) is 12.3 Å². The van der Waals surface area contributed by atoms with Crippen molar-refractivity contribution in [3.63, 3.8) is 0 Å². The monoisotopic (exact) mass is 228 g/mol. The summed E-state index contributed by atoms with van der Waals surface area (Å²) in [4.78, 5) is 20.2. The highest BCUT2D eigenvalue weighted by molar-refractivity contribution is 7.13. The molecule has 0 aliphatic carbocycles. The number of likely N-dealkylation sites (N-methyl/N-ethyl adjacent to an activating group) is 1. The lowest BCUT2D eigenvalue weighted by molar-refractivity contribution is -0.114. The van der Waals surface area contributed by atoms with Crippen molar-refractivity contribution in [2.45, 2.75) is 6.92 Å². The molecule has 82 valence electrons. The number of nitrogen functional groups attached to an aromatic ring is 1. The number of carbonyl (C=O) groups is 1. The van der Waals surface area contributed by atoms with E-state index >= 15 is 0 Å². The lowest BCUT2D eigenvalue weighted by Gasteiger charge is -2.01. The van der Waals surface area contributed by atoms with Gasteiger partial charge in [-0.3, -0.25) is 4.79 Å². The molecule has 0 aromatic carbocycles. The molecule has 1 aromatic heterocycles. The van der Waals surface area contributed by atoms with E-state index in [4.69, 9.17) is 10.6 Å². The van der Waals surface area contributed by atoms with Crippen LogP contribution in [0.25, 0.3) is 0 Å². The molecule has 0 bridgehead atoms. The zero-order valence-corrected chi connectivity index (χ0v) is 9.30. The third-order valence-electron chi connectivity index (χ3n) is 1.49. The van der Waals surface area contributed by atoms with Crippen LogP contribution in [0.4, 0.5) is 5.13 Å². The van der Waals surface area contributed by atoms with Gasteiger partial charge in [0.1, 0.15) is 12.3 Å². The first-order valence-electron chi connectivity index (χ1n) is 4.32. The molecule has 7 heteroatoms. The second-order valence-electron chi connectivity index (χ2n) is 2.51. The minimum Gasteiger partial charge on any atom is -0.395 e. The van der Waals surface area contributed by atoms with E-state index in [0.717, 1.165) is 0 Å². The van der Waals surface area contributed by atoms with Crippen molar-refractivity contribution >= 4 is 28.1 Å². The fourth-order valence-electron chi connectivity index (χ4n) is 0.848. The van der Waals surface area contributed by atoms with Gasteiger partial charge in [0.2, 0.25) is 0 Å². The van der Waals surface area contributed by atoms with Gasteiger partial charge in [0.15, 0.2) is 10.8 Å². The summed E-state index contributed by atoms with van der Waals surface area (Å²) in [5, 5.41) is 8.19. The zero-order chi connectivity index (χ0) is 11.3. The number of hydrogen-bond acceptors (Lipinski definition) is 6. The molecule has 0 radical (unpaired) electrons. The fourth-order valence-corrected chi connectivity index (χ4v) is 1.40. The molecular formula is C8H12N4O2S. The molecular weight excluding hydrogens is 216 g/mol. The highest BCUT2D eigenvalue weighted by atomic mass is 32.1. The van der Waals surface area contributed by atoms with Crippen molar-refractivity contribution in [3.8, 4) is 0 Å². The Bertz CT molecular complexity index is 374. The smallest absolute Gasteiger partial charge is 0.275 e. The number of amides is 1. The Hall–Kier alpha value is -1.63. The number of carbonyl (C=O) groups excluding carboxylic acids is 1. The highest BCUT2D eigenvalue weighted by Crippen LogP contribution is 2.12. The van der Waals surface area contributed by atoms with Gasteiger partial charge in [-0.15, -0.1) is 11.3 Å². The van der Waals surface area contributed by atoms with Crippen LogP contribution in [-0.2, 0) is 9.63 Å². The maximum absolute atomic E-state index is 11.4. The zero-order valence-electron chi connectivity index (χ0n) is 8.48. The standard InChI is InChI=1S/C8H12N4O2S/c1-3-14-12-6(7(13)10-2)5-4-15-8(9)11-5/h4H,3H2,1-2H3,(H2,9,11)(H,10,13)/b12-6-. The maximum atomic E-state index is 11.4. The summed E-state index contributed by atoms with van der Waals surface area (Å²) < 4.78 is 0. The van der Waals surface area contributed by atoms with E-state index in [1.165, 1.54) is 18.4 Å². The molecule has 0 aliphatic heterocycles. The van der Waals surface area contributed by atoms with Gasteiger partial charge in [0.25, 0.3) is 5.91 Å². The molecule has 0 unspecified atom stereocenters. The van der Waals surface area contributed by atoms with E-state index in [9.17, 15) is 4.79 Å². The van der Waals surface area contributed by atoms with Gasteiger partial charge >= 0.3 is 0 Å². The molecule has 0 spiro atoms. The Kier molecular flexibility index (Phi) is 4.04. The van der Waals surface area contributed by atoms with Crippen LogP contribution >= 0.6 is 11.3 Å². The van der Waals surface area contributed by atoms with Crippen molar-refractivity contribution in [1.29, 1.82) is 0 Å². The lowest BCUT2D eigenvalue weighted by Crippen LogP contribution is -2.28. The summed E-state index contributed by atoms with van der Waals surface area (Å²) in [6, 6.07) is 0. The van der Waals surface area contributed by atoms with Crippen LogP contribution in [0.2, 0.25) is 0 Å². The molecule has 1 rings (SSSR count). The molecule has 1 amide bonds. The topological polar surface area (TPSA) is 89.6 Å². The quantitative estimate of drug-likeness (QED) is 0.569. The van der Waals surface area contributed by atoms with Gasteiger partial charge in [-0.1, -0.05) is 5.16 Å². The van der Waals surface area contributed by atoms with Crippen molar-refractivity contribution < 1.29 is 9.63 Å². The summed E-state index contributed by atoms with van der Waals surface area (Å²) in [7, 11) is 1.51. The molecule has 6 nitrogen and oxygen atoms in total. The van der Waals surface area contributed by atoms with Crippen LogP contribution in [0, 0.1) is 0 Å². The van der Waals surface area contributed by atoms with Crippen LogP contribution < -0.4 is 11.1 Å². The minimum absolute atomic E-state index is 0.132. The highest BCUT2D eigenvalue weighted by Gasteiger charge is 2.16. The predicted molar refractivity (Wildman–Crippen MR) is 58.8 cm³/mol. The summed E-state index contributed by atoms with van der Waals surface area (Å²) in [6.07, 6.45) is 0. The van der Waals surface area contributed by atoms with Gasteiger partial charge < -0.3 is 15.9 Å². The van der Waals surface area contributed by atoms with Crippen LogP contribution in [0.1, 0.15) is 12.6 Å². The van der Waals surface area contributed by atoms with Crippen LogP contribution in [0.15, 0.2) is 10.5 Å². The van der Waals surface area contributed by atoms with Gasteiger partial charge in [0.05, 0.1) is 0 Å².